The van der Waals surface area contributed by atoms with Crippen LogP contribution in [0.1, 0.15) is 6.92 Å². The standard InChI is InChI=1S/C4H6F4O/c1-2(3(5)9)4(6,7)8/h2-3,9H,1H3. The lowest BCUT2D eigenvalue weighted by Crippen LogP contribution is -2.28. The molecule has 9 heavy (non-hydrogen) atoms. The van der Waals surface area contributed by atoms with Gasteiger partial charge in [-0.3, -0.25) is 0 Å². The van der Waals surface area contributed by atoms with Crippen LogP contribution in [-0.2, 0) is 0 Å². The van der Waals surface area contributed by atoms with Crippen LogP contribution in [0.3, 0.4) is 0 Å². The first kappa shape index (κ1) is 8.68. The van der Waals surface area contributed by atoms with E-state index in [4.69, 9.17) is 5.11 Å². The fraction of sp³-hybridized carbons (Fsp3) is 1.00. The van der Waals surface area contributed by atoms with Crippen molar-refractivity contribution in [3.63, 3.8) is 0 Å². The van der Waals surface area contributed by atoms with Gasteiger partial charge in [0.1, 0.15) is 5.92 Å². The van der Waals surface area contributed by atoms with E-state index in [0.29, 0.717) is 6.92 Å². The molecule has 5 heteroatoms. The highest BCUT2D eigenvalue weighted by atomic mass is 19.4. The normalized spacial score (nSPS) is 19.3. The molecule has 0 amide bonds. The summed E-state index contributed by atoms with van der Waals surface area (Å²) in [5, 5.41) is 7.77. The maximum Gasteiger partial charge on any atom is 0.396 e. The molecular formula is C4H6F4O. The van der Waals surface area contributed by atoms with Crippen molar-refractivity contribution in [3.05, 3.63) is 0 Å². The minimum Gasteiger partial charge on any atom is -0.364 e. The topological polar surface area (TPSA) is 20.2 Å². The van der Waals surface area contributed by atoms with Gasteiger partial charge < -0.3 is 5.11 Å². The van der Waals surface area contributed by atoms with E-state index in [2.05, 4.69) is 0 Å². The van der Waals surface area contributed by atoms with Gasteiger partial charge in [-0.1, -0.05) is 0 Å². The van der Waals surface area contributed by atoms with Gasteiger partial charge in [0.2, 0.25) is 6.36 Å². The van der Waals surface area contributed by atoms with Gasteiger partial charge in [-0.15, -0.1) is 0 Å². The van der Waals surface area contributed by atoms with Gasteiger partial charge in [0.05, 0.1) is 0 Å². The molecule has 0 fully saturated rings. The Kier molecular flexibility index (Phi) is 2.42. The van der Waals surface area contributed by atoms with E-state index in [1.165, 1.54) is 0 Å². The lowest BCUT2D eigenvalue weighted by molar-refractivity contribution is -0.214. The van der Waals surface area contributed by atoms with Crippen LogP contribution in [0, 0.1) is 5.92 Å². The SMILES string of the molecule is CC(C(O)F)C(F)(F)F. The maximum absolute atomic E-state index is 11.4. The molecule has 1 N–H and O–H groups in total. The molecule has 0 aromatic carbocycles. The van der Waals surface area contributed by atoms with Crippen LogP contribution in [0.4, 0.5) is 17.6 Å². The zero-order valence-corrected chi connectivity index (χ0v) is 4.61. The Labute approximate surface area is 49.3 Å². The first-order valence-electron chi connectivity index (χ1n) is 2.24. The summed E-state index contributed by atoms with van der Waals surface area (Å²) in [6, 6.07) is 0. The van der Waals surface area contributed by atoms with Gasteiger partial charge in [0.15, 0.2) is 0 Å². The zero-order valence-electron chi connectivity index (χ0n) is 4.61. The summed E-state index contributed by atoms with van der Waals surface area (Å²) in [7, 11) is 0. The predicted octanol–water partition coefficient (Wildman–Crippen LogP) is 1.47. The quantitative estimate of drug-likeness (QED) is 0.555. The first-order valence-corrected chi connectivity index (χ1v) is 2.24. The molecule has 0 saturated carbocycles. The highest BCUT2D eigenvalue weighted by Gasteiger charge is 2.40. The molecule has 0 radical (unpaired) electrons. The minimum absolute atomic E-state index is 0.574. The van der Waals surface area contributed by atoms with Crippen molar-refractivity contribution >= 4 is 0 Å². The van der Waals surface area contributed by atoms with E-state index in [-0.39, 0.29) is 0 Å². The van der Waals surface area contributed by atoms with E-state index in [0.717, 1.165) is 0 Å². The molecule has 0 aliphatic heterocycles. The van der Waals surface area contributed by atoms with Gasteiger partial charge in [0, 0.05) is 0 Å². The van der Waals surface area contributed by atoms with Crippen LogP contribution < -0.4 is 0 Å². The van der Waals surface area contributed by atoms with E-state index >= 15 is 0 Å². The second kappa shape index (κ2) is 2.51. The smallest absolute Gasteiger partial charge is 0.364 e. The molecule has 0 saturated heterocycles. The van der Waals surface area contributed by atoms with E-state index in [1.807, 2.05) is 0 Å². The summed E-state index contributed by atoms with van der Waals surface area (Å²) < 4.78 is 45.3. The molecule has 2 atom stereocenters. The van der Waals surface area contributed by atoms with Crippen molar-refractivity contribution in [3.8, 4) is 0 Å². The van der Waals surface area contributed by atoms with Gasteiger partial charge >= 0.3 is 6.18 Å². The predicted molar refractivity (Wildman–Crippen MR) is 22.3 cm³/mol. The third kappa shape index (κ3) is 2.64. The van der Waals surface area contributed by atoms with Crippen molar-refractivity contribution in [2.45, 2.75) is 19.5 Å². The number of hydrogen-bond acceptors (Lipinski definition) is 1. The van der Waals surface area contributed by atoms with Crippen LogP contribution in [-0.4, -0.2) is 17.6 Å². The van der Waals surface area contributed by atoms with Crippen molar-refractivity contribution < 1.29 is 22.7 Å². The van der Waals surface area contributed by atoms with E-state index in [9.17, 15) is 17.6 Å². The monoisotopic (exact) mass is 146 g/mol. The third-order valence-corrected chi connectivity index (χ3v) is 0.929. The second-order valence-corrected chi connectivity index (χ2v) is 1.70. The molecule has 0 spiro atoms. The van der Waals surface area contributed by atoms with Gasteiger partial charge in [-0.25, -0.2) is 4.39 Å². The number of rotatable bonds is 1. The van der Waals surface area contributed by atoms with E-state index in [1.54, 1.807) is 0 Å². The molecule has 0 aromatic rings. The lowest BCUT2D eigenvalue weighted by Gasteiger charge is -2.14. The molecule has 0 aliphatic rings. The van der Waals surface area contributed by atoms with Crippen LogP contribution in [0.5, 0.6) is 0 Å². The van der Waals surface area contributed by atoms with Crippen LogP contribution in [0.2, 0.25) is 0 Å². The Bertz CT molecular complexity index is 87.1. The summed E-state index contributed by atoms with van der Waals surface area (Å²) in [5.74, 6) is -2.29. The van der Waals surface area contributed by atoms with Gasteiger partial charge in [-0.2, -0.15) is 13.2 Å². The Morgan fingerprint density at radius 1 is 1.33 bits per heavy atom. The summed E-state index contributed by atoms with van der Waals surface area (Å²) in [5.41, 5.74) is 0. The molecule has 56 valence electrons. The molecule has 0 rings (SSSR count). The van der Waals surface area contributed by atoms with Gasteiger partial charge in [0.25, 0.3) is 0 Å². The highest BCUT2D eigenvalue weighted by molar-refractivity contribution is 4.62. The fourth-order valence-corrected chi connectivity index (χ4v) is 0.156. The fourth-order valence-electron chi connectivity index (χ4n) is 0.156. The Balaban J connectivity index is 3.88. The molecule has 2 unspecified atom stereocenters. The van der Waals surface area contributed by atoms with Crippen LogP contribution in [0.15, 0.2) is 0 Å². The Morgan fingerprint density at radius 2 is 1.67 bits per heavy atom. The maximum atomic E-state index is 11.4. The Morgan fingerprint density at radius 3 is 1.67 bits per heavy atom. The summed E-state index contributed by atoms with van der Waals surface area (Å²) in [6.45, 7) is 0.574. The molecule has 0 aromatic heterocycles. The Hall–Kier alpha value is -0.320. The number of aliphatic hydroxyl groups excluding tert-OH is 1. The molecule has 0 aliphatic carbocycles. The lowest BCUT2D eigenvalue weighted by atomic mass is 10.2. The van der Waals surface area contributed by atoms with Crippen molar-refractivity contribution in [2.75, 3.05) is 0 Å². The average molecular weight is 146 g/mol. The number of hydrogen-bond donors (Lipinski definition) is 1. The minimum atomic E-state index is -4.64. The summed E-state index contributed by atoms with van der Waals surface area (Å²) in [4.78, 5) is 0. The largest absolute Gasteiger partial charge is 0.396 e. The summed E-state index contributed by atoms with van der Waals surface area (Å²) >= 11 is 0. The average Bonchev–Trinajstić information content (AvgIpc) is 1.62. The van der Waals surface area contributed by atoms with Gasteiger partial charge in [-0.05, 0) is 6.92 Å². The third-order valence-electron chi connectivity index (χ3n) is 0.929. The van der Waals surface area contributed by atoms with Crippen molar-refractivity contribution in [1.29, 1.82) is 0 Å². The zero-order chi connectivity index (χ0) is 7.65. The van der Waals surface area contributed by atoms with E-state index < -0.39 is 18.5 Å². The molecular weight excluding hydrogens is 140 g/mol. The highest BCUT2D eigenvalue weighted by Crippen LogP contribution is 2.28. The van der Waals surface area contributed by atoms with Crippen LogP contribution >= 0.6 is 0 Å². The van der Waals surface area contributed by atoms with Crippen molar-refractivity contribution in [2.24, 2.45) is 5.92 Å². The first-order chi connectivity index (χ1) is 3.85. The number of aliphatic hydroxyl groups is 1. The number of halogens is 4. The van der Waals surface area contributed by atoms with Crippen LogP contribution in [0.25, 0.3) is 0 Å². The summed E-state index contributed by atoms with van der Waals surface area (Å²) in [6.07, 6.45) is -7.46. The number of alkyl halides is 4. The molecule has 1 nitrogen and oxygen atoms in total. The van der Waals surface area contributed by atoms with Crippen molar-refractivity contribution in [1.82, 2.24) is 0 Å². The molecule has 0 bridgehead atoms. The second-order valence-electron chi connectivity index (χ2n) is 1.70. The molecule has 0 heterocycles.